The summed E-state index contributed by atoms with van der Waals surface area (Å²) in [5.74, 6) is 0.465. The van der Waals surface area contributed by atoms with Crippen LogP contribution in [0, 0.1) is 5.92 Å². The zero-order chi connectivity index (χ0) is 18.6. The molecule has 25 heavy (non-hydrogen) atoms. The third-order valence-corrected chi connectivity index (χ3v) is 3.70. The van der Waals surface area contributed by atoms with Crippen LogP contribution in [0.2, 0.25) is 0 Å². The molecule has 0 aliphatic carbocycles. The van der Waals surface area contributed by atoms with Gasteiger partial charge >= 0.3 is 6.09 Å². The number of anilines is 1. The van der Waals surface area contributed by atoms with E-state index in [0.29, 0.717) is 19.5 Å². The fourth-order valence-electron chi connectivity index (χ4n) is 2.60. The summed E-state index contributed by atoms with van der Waals surface area (Å²) in [4.78, 5) is 26.1. The van der Waals surface area contributed by atoms with E-state index in [1.165, 1.54) is 0 Å². The average molecular weight is 348 g/mol. The molecule has 0 spiro atoms. The smallest absolute Gasteiger partial charge is 0.410 e. The van der Waals surface area contributed by atoms with E-state index in [-0.39, 0.29) is 24.0 Å². The monoisotopic (exact) mass is 348 g/mol. The molecule has 2 rings (SSSR count). The maximum Gasteiger partial charge on any atom is 0.410 e. The summed E-state index contributed by atoms with van der Waals surface area (Å²) in [6, 6.07) is 7.29. The molecule has 0 radical (unpaired) electrons. The summed E-state index contributed by atoms with van der Waals surface area (Å²) in [5.41, 5.74) is 0.189. The molecule has 1 N–H and O–H groups in total. The number of hydrogen-bond donors (Lipinski definition) is 1. The van der Waals surface area contributed by atoms with Crippen molar-refractivity contribution in [1.29, 1.82) is 0 Å². The molecule has 0 aromatic heterocycles. The lowest BCUT2D eigenvalue weighted by molar-refractivity contribution is -0.119. The summed E-state index contributed by atoms with van der Waals surface area (Å²) < 4.78 is 10.9. The van der Waals surface area contributed by atoms with Gasteiger partial charge in [-0.25, -0.2) is 4.79 Å². The number of ether oxygens (including phenoxy) is 2. The second-order valence-corrected chi connectivity index (χ2v) is 7.59. The van der Waals surface area contributed by atoms with Crippen LogP contribution in [-0.2, 0) is 9.53 Å². The van der Waals surface area contributed by atoms with Gasteiger partial charge in [-0.15, -0.1) is 0 Å². The zero-order valence-corrected chi connectivity index (χ0v) is 15.7. The minimum atomic E-state index is -0.531. The highest BCUT2D eigenvalue weighted by Crippen LogP contribution is 2.22. The van der Waals surface area contributed by atoms with Crippen LogP contribution in [0.3, 0.4) is 0 Å². The maximum absolute atomic E-state index is 12.4. The third kappa shape index (κ3) is 5.96. The Morgan fingerprint density at radius 2 is 1.84 bits per heavy atom. The molecule has 138 valence electrons. The van der Waals surface area contributed by atoms with Crippen molar-refractivity contribution in [3.63, 3.8) is 0 Å². The quantitative estimate of drug-likeness (QED) is 0.901. The largest absolute Gasteiger partial charge is 0.491 e. The van der Waals surface area contributed by atoms with Gasteiger partial charge in [-0.1, -0.05) is 0 Å². The molecular formula is C19H28N2O4. The summed E-state index contributed by atoms with van der Waals surface area (Å²) in [6.45, 7) is 10.3. The Kier molecular flexibility index (Phi) is 5.93. The first kappa shape index (κ1) is 19.1. The van der Waals surface area contributed by atoms with Gasteiger partial charge in [0.2, 0.25) is 5.91 Å². The minimum Gasteiger partial charge on any atom is -0.491 e. The predicted octanol–water partition coefficient (Wildman–Crippen LogP) is 3.67. The number of carbonyl (C=O) groups excluding carboxylic acids is 2. The van der Waals surface area contributed by atoms with Crippen molar-refractivity contribution in [2.45, 2.75) is 52.7 Å². The van der Waals surface area contributed by atoms with Gasteiger partial charge in [0.1, 0.15) is 11.4 Å². The number of nitrogens with zero attached hydrogens (tertiary/aromatic N) is 1. The molecule has 1 aliphatic heterocycles. The number of rotatable bonds is 4. The first-order valence-electron chi connectivity index (χ1n) is 8.69. The SMILES string of the molecule is CC(C)Oc1ccc(NC(=O)C2CCN(C(=O)OC(C)(C)C)C2)cc1. The molecule has 1 aromatic carbocycles. The highest BCUT2D eigenvalue weighted by atomic mass is 16.6. The van der Waals surface area contributed by atoms with Crippen molar-refractivity contribution in [2.75, 3.05) is 18.4 Å². The van der Waals surface area contributed by atoms with E-state index < -0.39 is 5.60 Å². The first-order chi connectivity index (χ1) is 11.6. The van der Waals surface area contributed by atoms with Gasteiger partial charge in [0, 0.05) is 18.8 Å². The van der Waals surface area contributed by atoms with Crippen LogP contribution < -0.4 is 10.1 Å². The lowest BCUT2D eigenvalue weighted by atomic mass is 10.1. The lowest BCUT2D eigenvalue weighted by Crippen LogP contribution is -2.36. The molecule has 1 aromatic rings. The Labute approximate surface area is 149 Å². The summed E-state index contributed by atoms with van der Waals surface area (Å²) in [6.07, 6.45) is 0.385. The van der Waals surface area contributed by atoms with Crippen molar-refractivity contribution < 1.29 is 19.1 Å². The van der Waals surface area contributed by atoms with Crippen LogP contribution in [-0.4, -0.2) is 41.7 Å². The van der Waals surface area contributed by atoms with Crippen molar-refractivity contribution in [2.24, 2.45) is 5.92 Å². The number of likely N-dealkylation sites (tertiary alicyclic amines) is 1. The number of amides is 2. The van der Waals surface area contributed by atoms with Crippen LogP contribution in [0.15, 0.2) is 24.3 Å². The minimum absolute atomic E-state index is 0.0800. The Morgan fingerprint density at radius 3 is 2.40 bits per heavy atom. The highest BCUT2D eigenvalue weighted by Gasteiger charge is 2.33. The topological polar surface area (TPSA) is 67.9 Å². The van der Waals surface area contributed by atoms with Crippen molar-refractivity contribution in [1.82, 2.24) is 4.90 Å². The van der Waals surface area contributed by atoms with Crippen LogP contribution in [0.25, 0.3) is 0 Å². The Balaban J connectivity index is 1.86. The molecule has 2 amide bonds. The van der Waals surface area contributed by atoms with Crippen molar-refractivity contribution >= 4 is 17.7 Å². The third-order valence-electron chi connectivity index (χ3n) is 3.70. The average Bonchev–Trinajstić information content (AvgIpc) is 2.97. The number of hydrogen-bond acceptors (Lipinski definition) is 4. The molecule has 1 atom stereocenters. The molecule has 1 aliphatic rings. The summed E-state index contributed by atoms with van der Waals surface area (Å²) in [5, 5.41) is 2.90. The van der Waals surface area contributed by atoms with Crippen LogP contribution >= 0.6 is 0 Å². The molecule has 6 nitrogen and oxygen atoms in total. The Morgan fingerprint density at radius 1 is 1.20 bits per heavy atom. The number of benzene rings is 1. The van der Waals surface area contributed by atoms with Gasteiger partial charge < -0.3 is 19.7 Å². The maximum atomic E-state index is 12.4. The van der Waals surface area contributed by atoms with Gasteiger partial charge in [0.15, 0.2) is 0 Å². The van der Waals surface area contributed by atoms with Gasteiger partial charge in [-0.05, 0) is 65.3 Å². The molecule has 1 fully saturated rings. The Hall–Kier alpha value is -2.24. The number of carbonyl (C=O) groups is 2. The zero-order valence-electron chi connectivity index (χ0n) is 15.7. The first-order valence-corrected chi connectivity index (χ1v) is 8.69. The molecule has 1 saturated heterocycles. The van der Waals surface area contributed by atoms with E-state index in [1.54, 1.807) is 4.90 Å². The highest BCUT2D eigenvalue weighted by molar-refractivity contribution is 5.93. The fraction of sp³-hybridized carbons (Fsp3) is 0.579. The van der Waals surface area contributed by atoms with Crippen LogP contribution in [0.4, 0.5) is 10.5 Å². The molecule has 0 saturated carbocycles. The van der Waals surface area contributed by atoms with Gasteiger partial charge in [0.05, 0.1) is 12.0 Å². The van der Waals surface area contributed by atoms with Crippen LogP contribution in [0.1, 0.15) is 41.0 Å². The van der Waals surface area contributed by atoms with Gasteiger partial charge in [-0.2, -0.15) is 0 Å². The summed E-state index contributed by atoms with van der Waals surface area (Å²) >= 11 is 0. The second kappa shape index (κ2) is 7.76. The van der Waals surface area contributed by atoms with Crippen LogP contribution in [0.5, 0.6) is 5.75 Å². The van der Waals surface area contributed by atoms with E-state index in [2.05, 4.69) is 5.32 Å². The second-order valence-electron chi connectivity index (χ2n) is 7.59. The van der Waals surface area contributed by atoms with E-state index in [9.17, 15) is 9.59 Å². The van der Waals surface area contributed by atoms with E-state index >= 15 is 0 Å². The normalized spacial score (nSPS) is 17.5. The van der Waals surface area contributed by atoms with E-state index in [0.717, 1.165) is 11.4 Å². The van der Waals surface area contributed by atoms with E-state index in [4.69, 9.17) is 9.47 Å². The predicted molar refractivity (Wildman–Crippen MR) is 96.7 cm³/mol. The molecule has 1 unspecified atom stereocenters. The standard InChI is InChI=1S/C19H28N2O4/c1-13(2)24-16-8-6-15(7-9-16)20-17(22)14-10-11-21(12-14)18(23)25-19(3,4)5/h6-9,13-14H,10-12H2,1-5H3,(H,20,22). The van der Waals surface area contributed by atoms with Crippen molar-refractivity contribution in [3.8, 4) is 5.75 Å². The van der Waals surface area contributed by atoms with E-state index in [1.807, 2.05) is 58.9 Å². The molecule has 6 heteroatoms. The summed E-state index contributed by atoms with van der Waals surface area (Å²) in [7, 11) is 0. The molecule has 0 bridgehead atoms. The molecular weight excluding hydrogens is 320 g/mol. The van der Waals surface area contributed by atoms with Crippen molar-refractivity contribution in [3.05, 3.63) is 24.3 Å². The van der Waals surface area contributed by atoms with Gasteiger partial charge in [0.25, 0.3) is 0 Å². The fourth-order valence-corrected chi connectivity index (χ4v) is 2.60. The van der Waals surface area contributed by atoms with Gasteiger partial charge in [-0.3, -0.25) is 4.79 Å². The Bertz CT molecular complexity index is 605. The molecule has 1 heterocycles. The lowest BCUT2D eigenvalue weighted by Gasteiger charge is -2.24. The number of nitrogens with one attached hydrogen (secondary N) is 1.